The van der Waals surface area contributed by atoms with Crippen molar-refractivity contribution in [2.75, 3.05) is 26.4 Å². The molecule has 0 aliphatic heterocycles. The highest BCUT2D eigenvalue weighted by molar-refractivity contribution is 7.20. The Kier molecular flexibility index (Phi) is 6.33. The third-order valence-corrected chi connectivity index (χ3v) is 5.29. The molecule has 0 fully saturated rings. The van der Waals surface area contributed by atoms with Gasteiger partial charge in [0.25, 0.3) is 11.5 Å². The maximum Gasteiger partial charge on any atom is 0.262 e. The highest BCUT2D eigenvalue weighted by Crippen LogP contribution is 2.26. The van der Waals surface area contributed by atoms with Gasteiger partial charge in [-0.25, -0.2) is 4.98 Å². The van der Waals surface area contributed by atoms with Gasteiger partial charge < -0.3 is 15.2 Å². The van der Waals surface area contributed by atoms with Gasteiger partial charge in [-0.05, 0) is 18.1 Å². The standard InChI is InChI=1S/C19H21N3O4S/c1-13-15-18(27-16(13)17(24)20-7-9-26-10-8-23)21-12-22(19(15)25)11-14-5-3-2-4-6-14/h2-6,12,23H,7-11H2,1H3,(H,20,24). The molecule has 0 aliphatic carbocycles. The maximum absolute atomic E-state index is 12.9. The summed E-state index contributed by atoms with van der Waals surface area (Å²) in [5, 5.41) is 11.9. The Morgan fingerprint density at radius 2 is 2.07 bits per heavy atom. The van der Waals surface area contributed by atoms with Gasteiger partial charge >= 0.3 is 0 Å². The van der Waals surface area contributed by atoms with Crippen molar-refractivity contribution in [1.29, 1.82) is 0 Å². The Morgan fingerprint density at radius 3 is 2.81 bits per heavy atom. The van der Waals surface area contributed by atoms with Crippen LogP contribution in [0.5, 0.6) is 0 Å². The van der Waals surface area contributed by atoms with Crippen molar-refractivity contribution >= 4 is 27.5 Å². The number of ether oxygens (including phenoxy) is 1. The number of thiophene rings is 1. The summed E-state index contributed by atoms with van der Waals surface area (Å²) in [5.41, 5.74) is 1.50. The molecule has 0 spiro atoms. The number of hydrogen-bond donors (Lipinski definition) is 2. The molecule has 0 atom stereocenters. The molecule has 0 unspecified atom stereocenters. The third-order valence-electron chi connectivity index (χ3n) is 4.09. The predicted molar refractivity (Wildman–Crippen MR) is 104 cm³/mol. The summed E-state index contributed by atoms with van der Waals surface area (Å²) < 4.78 is 6.68. The Bertz CT molecular complexity index is 982. The minimum Gasteiger partial charge on any atom is -0.394 e. The fraction of sp³-hybridized carbons (Fsp3) is 0.316. The maximum atomic E-state index is 12.9. The summed E-state index contributed by atoms with van der Waals surface area (Å²) in [6.45, 7) is 3.04. The number of hydrogen-bond acceptors (Lipinski definition) is 6. The van der Waals surface area contributed by atoms with Crippen molar-refractivity contribution in [2.24, 2.45) is 0 Å². The van der Waals surface area contributed by atoms with Gasteiger partial charge in [0.1, 0.15) is 4.83 Å². The zero-order valence-corrected chi connectivity index (χ0v) is 15.8. The fourth-order valence-electron chi connectivity index (χ4n) is 2.75. The Hall–Kier alpha value is -2.55. The second kappa shape index (κ2) is 8.90. The number of aryl methyl sites for hydroxylation is 1. The highest BCUT2D eigenvalue weighted by atomic mass is 32.1. The van der Waals surface area contributed by atoms with Crippen LogP contribution in [0.25, 0.3) is 10.2 Å². The van der Waals surface area contributed by atoms with E-state index in [0.29, 0.717) is 40.4 Å². The Morgan fingerprint density at radius 1 is 1.30 bits per heavy atom. The zero-order valence-electron chi connectivity index (χ0n) is 15.0. The van der Waals surface area contributed by atoms with Crippen molar-refractivity contribution in [3.05, 3.63) is 63.0 Å². The second-order valence-corrected chi connectivity index (χ2v) is 6.99. The van der Waals surface area contributed by atoms with Gasteiger partial charge in [-0.15, -0.1) is 11.3 Å². The first kappa shape index (κ1) is 19.2. The van der Waals surface area contributed by atoms with E-state index in [4.69, 9.17) is 9.84 Å². The predicted octanol–water partition coefficient (Wildman–Crippen LogP) is 1.55. The summed E-state index contributed by atoms with van der Waals surface area (Å²) in [4.78, 5) is 30.7. The van der Waals surface area contributed by atoms with Crippen LogP contribution in [-0.4, -0.2) is 46.9 Å². The van der Waals surface area contributed by atoms with Gasteiger partial charge in [-0.3, -0.25) is 14.2 Å². The molecule has 0 radical (unpaired) electrons. The molecular formula is C19H21N3O4S. The van der Waals surface area contributed by atoms with E-state index in [2.05, 4.69) is 10.3 Å². The van der Waals surface area contributed by atoms with Crippen LogP contribution in [-0.2, 0) is 11.3 Å². The van der Waals surface area contributed by atoms with Gasteiger partial charge in [0.15, 0.2) is 0 Å². The van der Waals surface area contributed by atoms with E-state index in [1.807, 2.05) is 30.3 Å². The van der Waals surface area contributed by atoms with Crippen molar-refractivity contribution in [1.82, 2.24) is 14.9 Å². The lowest BCUT2D eigenvalue weighted by molar-refractivity contribution is 0.0840. The summed E-state index contributed by atoms with van der Waals surface area (Å²) in [6, 6.07) is 9.68. The van der Waals surface area contributed by atoms with Gasteiger partial charge in [0, 0.05) is 6.54 Å². The molecule has 142 valence electrons. The number of rotatable bonds is 8. The lowest BCUT2D eigenvalue weighted by Gasteiger charge is -2.06. The number of aliphatic hydroxyl groups is 1. The first-order valence-electron chi connectivity index (χ1n) is 8.61. The topological polar surface area (TPSA) is 93.4 Å². The molecule has 7 nitrogen and oxygen atoms in total. The molecule has 8 heteroatoms. The first-order chi connectivity index (χ1) is 13.1. The molecular weight excluding hydrogens is 366 g/mol. The molecule has 3 aromatic rings. The quantitative estimate of drug-likeness (QED) is 0.572. The number of benzene rings is 1. The van der Waals surface area contributed by atoms with Crippen LogP contribution >= 0.6 is 11.3 Å². The summed E-state index contributed by atoms with van der Waals surface area (Å²) >= 11 is 1.21. The SMILES string of the molecule is Cc1c(C(=O)NCCOCCO)sc2ncn(Cc3ccccc3)c(=O)c12. The molecule has 0 aliphatic rings. The van der Waals surface area contributed by atoms with Gasteiger partial charge in [-0.2, -0.15) is 0 Å². The smallest absolute Gasteiger partial charge is 0.262 e. The lowest BCUT2D eigenvalue weighted by atomic mass is 10.2. The molecule has 2 N–H and O–H groups in total. The number of amides is 1. The largest absolute Gasteiger partial charge is 0.394 e. The zero-order chi connectivity index (χ0) is 19.2. The molecule has 1 amide bonds. The fourth-order valence-corrected chi connectivity index (χ4v) is 3.81. The van der Waals surface area contributed by atoms with E-state index in [9.17, 15) is 9.59 Å². The molecule has 1 aromatic carbocycles. The molecule has 0 bridgehead atoms. The van der Waals surface area contributed by atoms with E-state index in [1.54, 1.807) is 11.5 Å². The minimum atomic E-state index is -0.253. The van der Waals surface area contributed by atoms with Crippen LogP contribution in [0.15, 0.2) is 41.5 Å². The molecule has 0 saturated carbocycles. The second-order valence-electron chi connectivity index (χ2n) is 5.99. The minimum absolute atomic E-state index is 0.0513. The van der Waals surface area contributed by atoms with Gasteiger partial charge in [-0.1, -0.05) is 30.3 Å². The molecule has 2 heterocycles. The number of aliphatic hydroxyl groups excluding tert-OH is 1. The number of carbonyl (C=O) groups is 1. The van der Waals surface area contributed by atoms with Crippen LogP contribution in [0.3, 0.4) is 0 Å². The van der Waals surface area contributed by atoms with Crippen molar-refractivity contribution in [2.45, 2.75) is 13.5 Å². The summed E-state index contributed by atoms with van der Waals surface area (Å²) in [6.07, 6.45) is 1.53. The van der Waals surface area contributed by atoms with Crippen LogP contribution in [0.4, 0.5) is 0 Å². The summed E-state index contributed by atoms with van der Waals surface area (Å²) in [5.74, 6) is -0.253. The van der Waals surface area contributed by atoms with Crippen LogP contribution in [0.1, 0.15) is 20.8 Å². The van der Waals surface area contributed by atoms with Gasteiger partial charge in [0.2, 0.25) is 0 Å². The van der Waals surface area contributed by atoms with Gasteiger partial charge in [0.05, 0.1) is 43.0 Å². The number of fused-ring (bicyclic) bond motifs is 1. The van der Waals surface area contributed by atoms with E-state index in [-0.39, 0.29) is 24.7 Å². The van der Waals surface area contributed by atoms with E-state index in [1.165, 1.54) is 17.7 Å². The number of aromatic nitrogens is 2. The normalized spacial score (nSPS) is 11.0. The molecule has 0 saturated heterocycles. The Balaban J connectivity index is 1.81. The molecule has 27 heavy (non-hydrogen) atoms. The average Bonchev–Trinajstić information content (AvgIpc) is 3.02. The number of nitrogens with zero attached hydrogens (tertiary/aromatic N) is 2. The lowest BCUT2D eigenvalue weighted by Crippen LogP contribution is -2.27. The first-order valence-corrected chi connectivity index (χ1v) is 9.42. The molecule has 3 rings (SSSR count). The van der Waals surface area contributed by atoms with Crippen molar-refractivity contribution in [3.63, 3.8) is 0 Å². The Labute approximate surface area is 160 Å². The molecule has 2 aromatic heterocycles. The van der Waals surface area contributed by atoms with E-state index in [0.717, 1.165) is 5.56 Å². The number of nitrogens with one attached hydrogen (secondary N) is 1. The average molecular weight is 387 g/mol. The van der Waals surface area contributed by atoms with E-state index < -0.39 is 0 Å². The number of carbonyl (C=O) groups excluding carboxylic acids is 1. The summed E-state index contributed by atoms with van der Waals surface area (Å²) in [7, 11) is 0. The van der Waals surface area contributed by atoms with Crippen LogP contribution in [0, 0.1) is 6.92 Å². The highest BCUT2D eigenvalue weighted by Gasteiger charge is 2.19. The van der Waals surface area contributed by atoms with E-state index >= 15 is 0 Å². The van der Waals surface area contributed by atoms with Crippen molar-refractivity contribution in [3.8, 4) is 0 Å². The monoisotopic (exact) mass is 387 g/mol. The van der Waals surface area contributed by atoms with Crippen LogP contribution in [0.2, 0.25) is 0 Å². The van der Waals surface area contributed by atoms with Crippen LogP contribution < -0.4 is 10.9 Å². The third kappa shape index (κ3) is 4.41. The van der Waals surface area contributed by atoms with Crippen molar-refractivity contribution < 1.29 is 14.6 Å².